The summed E-state index contributed by atoms with van der Waals surface area (Å²) in [5.74, 6) is -1.02. The molecule has 0 spiro atoms. The van der Waals surface area contributed by atoms with Gasteiger partial charge in [0.15, 0.2) is 0 Å². The summed E-state index contributed by atoms with van der Waals surface area (Å²) in [5, 5.41) is 8.92. The first-order valence-corrected chi connectivity index (χ1v) is 7.45. The van der Waals surface area contributed by atoms with Crippen LogP contribution in [0.5, 0.6) is 0 Å². The first-order chi connectivity index (χ1) is 9.83. The van der Waals surface area contributed by atoms with E-state index in [2.05, 4.69) is 4.90 Å². The summed E-state index contributed by atoms with van der Waals surface area (Å²) < 4.78 is 36.7. The number of nitrogens with zero attached hydrogens (tertiary/aromatic N) is 1. The van der Waals surface area contributed by atoms with Crippen molar-refractivity contribution in [1.29, 1.82) is 0 Å². The molecule has 7 heteroatoms. The Balaban J connectivity index is 1.85. The minimum atomic E-state index is -4.26. The monoisotopic (exact) mass is 319 g/mol. The van der Waals surface area contributed by atoms with E-state index in [1.165, 1.54) is 12.1 Å². The number of benzene rings is 1. The largest absolute Gasteiger partial charge is 0.481 e. The van der Waals surface area contributed by atoms with E-state index in [1.807, 2.05) is 0 Å². The zero-order valence-electron chi connectivity index (χ0n) is 11.3. The third-order valence-electron chi connectivity index (χ3n) is 3.50. The highest BCUT2D eigenvalue weighted by Gasteiger charge is 2.29. The number of rotatable bonds is 4. The van der Waals surface area contributed by atoms with Crippen LogP contribution >= 0.6 is 11.8 Å². The van der Waals surface area contributed by atoms with Gasteiger partial charge in [-0.1, -0.05) is 12.1 Å². The SMILES string of the molecule is O=C(O)C1CCN(Cc2ccc(SC(F)(F)F)cc2)CC1. The van der Waals surface area contributed by atoms with E-state index in [4.69, 9.17) is 5.11 Å². The van der Waals surface area contributed by atoms with E-state index in [9.17, 15) is 18.0 Å². The Morgan fingerprint density at radius 1 is 1.24 bits per heavy atom. The minimum absolute atomic E-state index is 0.120. The van der Waals surface area contributed by atoms with Crippen LogP contribution in [0.4, 0.5) is 13.2 Å². The predicted octanol–water partition coefficient (Wildman–Crippen LogP) is 3.60. The topological polar surface area (TPSA) is 40.5 Å². The average molecular weight is 319 g/mol. The van der Waals surface area contributed by atoms with Crippen molar-refractivity contribution in [2.45, 2.75) is 29.8 Å². The van der Waals surface area contributed by atoms with Crippen molar-refractivity contribution in [3.05, 3.63) is 29.8 Å². The molecule has 1 saturated heterocycles. The molecule has 0 amide bonds. The van der Waals surface area contributed by atoms with E-state index >= 15 is 0 Å². The molecule has 0 aromatic heterocycles. The van der Waals surface area contributed by atoms with Gasteiger partial charge in [0.2, 0.25) is 0 Å². The van der Waals surface area contributed by atoms with Crippen LogP contribution in [0.3, 0.4) is 0 Å². The van der Waals surface area contributed by atoms with Crippen LogP contribution in [-0.4, -0.2) is 34.6 Å². The van der Waals surface area contributed by atoms with Gasteiger partial charge in [0.25, 0.3) is 0 Å². The standard InChI is InChI=1S/C14H16F3NO2S/c15-14(16,17)21-12-3-1-10(2-4-12)9-18-7-5-11(6-8-18)13(19)20/h1-4,11H,5-9H2,(H,19,20). The number of hydrogen-bond acceptors (Lipinski definition) is 3. The molecule has 1 aliphatic rings. The highest BCUT2D eigenvalue weighted by atomic mass is 32.2. The number of alkyl halides is 3. The molecular weight excluding hydrogens is 303 g/mol. The molecule has 0 unspecified atom stereocenters. The smallest absolute Gasteiger partial charge is 0.446 e. The lowest BCUT2D eigenvalue weighted by atomic mass is 9.97. The molecule has 1 N–H and O–H groups in total. The lowest BCUT2D eigenvalue weighted by Crippen LogP contribution is -2.35. The van der Waals surface area contributed by atoms with Gasteiger partial charge in [0.1, 0.15) is 0 Å². The number of likely N-dealkylation sites (tertiary alicyclic amines) is 1. The number of piperidine rings is 1. The summed E-state index contributed by atoms with van der Waals surface area (Å²) in [7, 11) is 0. The second kappa shape index (κ2) is 6.70. The second-order valence-corrected chi connectivity index (χ2v) is 6.22. The van der Waals surface area contributed by atoms with E-state index in [1.54, 1.807) is 12.1 Å². The Morgan fingerprint density at radius 2 is 1.81 bits per heavy atom. The molecular formula is C14H16F3NO2S. The van der Waals surface area contributed by atoms with E-state index < -0.39 is 11.5 Å². The highest BCUT2D eigenvalue weighted by Crippen LogP contribution is 2.36. The van der Waals surface area contributed by atoms with Crippen LogP contribution in [0.2, 0.25) is 0 Å². The first kappa shape index (κ1) is 16.2. The third-order valence-corrected chi connectivity index (χ3v) is 4.24. The Kier molecular flexibility index (Phi) is 5.16. The fourth-order valence-corrected chi connectivity index (χ4v) is 2.93. The molecule has 2 rings (SSSR count). The molecule has 0 saturated carbocycles. The van der Waals surface area contributed by atoms with Crippen molar-refractivity contribution in [3.8, 4) is 0 Å². The van der Waals surface area contributed by atoms with Gasteiger partial charge in [0, 0.05) is 11.4 Å². The van der Waals surface area contributed by atoms with Gasteiger partial charge in [-0.05, 0) is 55.4 Å². The van der Waals surface area contributed by atoms with Gasteiger partial charge in [-0.25, -0.2) is 0 Å². The predicted molar refractivity (Wildman–Crippen MR) is 74.0 cm³/mol. The Morgan fingerprint density at radius 3 is 2.29 bits per heavy atom. The average Bonchev–Trinajstić information content (AvgIpc) is 2.40. The molecule has 1 heterocycles. The van der Waals surface area contributed by atoms with Crippen molar-refractivity contribution < 1.29 is 23.1 Å². The molecule has 0 aliphatic carbocycles. The zero-order valence-corrected chi connectivity index (χ0v) is 12.1. The van der Waals surface area contributed by atoms with Gasteiger partial charge in [-0.3, -0.25) is 9.69 Å². The van der Waals surface area contributed by atoms with Crippen LogP contribution in [0.15, 0.2) is 29.2 Å². The maximum absolute atomic E-state index is 12.2. The Hall–Kier alpha value is -1.21. The molecule has 3 nitrogen and oxygen atoms in total. The molecule has 1 aliphatic heterocycles. The van der Waals surface area contributed by atoms with Gasteiger partial charge in [-0.2, -0.15) is 13.2 Å². The van der Waals surface area contributed by atoms with Crippen molar-refractivity contribution in [2.75, 3.05) is 13.1 Å². The normalized spacial score (nSPS) is 17.9. The van der Waals surface area contributed by atoms with Crippen LogP contribution in [-0.2, 0) is 11.3 Å². The van der Waals surface area contributed by atoms with Crippen LogP contribution < -0.4 is 0 Å². The number of carbonyl (C=O) groups is 1. The van der Waals surface area contributed by atoms with Crippen LogP contribution in [0, 0.1) is 5.92 Å². The lowest BCUT2D eigenvalue weighted by Gasteiger charge is -2.30. The van der Waals surface area contributed by atoms with Gasteiger partial charge in [0.05, 0.1) is 5.92 Å². The molecule has 0 atom stereocenters. The number of carboxylic acid groups (broad SMARTS) is 1. The van der Waals surface area contributed by atoms with Crippen LogP contribution in [0.1, 0.15) is 18.4 Å². The second-order valence-electron chi connectivity index (χ2n) is 5.08. The summed E-state index contributed by atoms with van der Waals surface area (Å²) in [6, 6.07) is 6.32. The molecule has 0 bridgehead atoms. The molecule has 1 aromatic rings. The fourth-order valence-electron chi connectivity index (χ4n) is 2.39. The number of halogens is 3. The quantitative estimate of drug-likeness (QED) is 0.861. The number of carboxylic acids is 1. The number of aliphatic carboxylic acids is 1. The van der Waals surface area contributed by atoms with Gasteiger partial charge >= 0.3 is 11.5 Å². The number of thioether (sulfide) groups is 1. The maximum Gasteiger partial charge on any atom is 0.446 e. The third kappa shape index (κ3) is 5.24. The zero-order chi connectivity index (χ0) is 15.5. The molecule has 0 radical (unpaired) electrons. The Labute approximate surface area is 125 Å². The van der Waals surface area contributed by atoms with Crippen molar-refractivity contribution in [2.24, 2.45) is 5.92 Å². The highest BCUT2D eigenvalue weighted by molar-refractivity contribution is 8.00. The van der Waals surface area contributed by atoms with E-state index in [-0.39, 0.29) is 22.6 Å². The summed E-state index contributed by atoms with van der Waals surface area (Å²) >= 11 is -0.120. The van der Waals surface area contributed by atoms with Crippen LogP contribution in [0.25, 0.3) is 0 Å². The van der Waals surface area contributed by atoms with E-state index in [0.717, 1.165) is 5.56 Å². The fraction of sp³-hybridized carbons (Fsp3) is 0.500. The van der Waals surface area contributed by atoms with E-state index in [0.29, 0.717) is 32.5 Å². The summed E-state index contributed by atoms with van der Waals surface area (Å²) in [5.41, 5.74) is -3.32. The van der Waals surface area contributed by atoms with Gasteiger partial charge in [-0.15, -0.1) is 0 Å². The van der Waals surface area contributed by atoms with Gasteiger partial charge < -0.3 is 5.11 Å². The summed E-state index contributed by atoms with van der Waals surface area (Å²) in [4.78, 5) is 13.2. The van der Waals surface area contributed by atoms with Crippen molar-refractivity contribution in [3.63, 3.8) is 0 Å². The van der Waals surface area contributed by atoms with Crippen molar-refractivity contribution in [1.82, 2.24) is 4.90 Å². The van der Waals surface area contributed by atoms with Crippen molar-refractivity contribution >= 4 is 17.7 Å². The maximum atomic E-state index is 12.2. The summed E-state index contributed by atoms with van der Waals surface area (Å²) in [6.07, 6.45) is 1.24. The Bertz CT molecular complexity index is 482. The number of hydrogen-bond donors (Lipinski definition) is 1. The molecule has 1 fully saturated rings. The molecule has 21 heavy (non-hydrogen) atoms. The molecule has 116 valence electrons. The molecule has 1 aromatic carbocycles. The minimum Gasteiger partial charge on any atom is -0.481 e. The lowest BCUT2D eigenvalue weighted by molar-refractivity contribution is -0.143. The first-order valence-electron chi connectivity index (χ1n) is 6.63. The summed E-state index contributed by atoms with van der Waals surface area (Å²) in [6.45, 7) is 2.05.